The van der Waals surface area contributed by atoms with Crippen molar-refractivity contribution in [3.05, 3.63) is 70.6 Å². The quantitative estimate of drug-likeness (QED) is 0.748. The SMILES string of the molecule is O=C(Nc1nc(-c2ccccc2)co1)c1cc(F)cc(Br)c1. The van der Waals surface area contributed by atoms with E-state index in [-0.39, 0.29) is 11.6 Å². The molecule has 0 saturated heterocycles. The molecule has 0 bridgehead atoms. The van der Waals surface area contributed by atoms with Gasteiger partial charge in [-0.3, -0.25) is 10.1 Å². The zero-order chi connectivity index (χ0) is 15.5. The molecule has 4 nitrogen and oxygen atoms in total. The van der Waals surface area contributed by atoms with Gasteiger partial charge in [-0.1, -0.05) is 46.3 Å². The van der Waals surface area contributed by atoms with Gasteiger partial charge in [0.2, 0.25) is 0 Å². The lowest BCUT2D eigenvalue weighted by molar-refractivity contribution is 0.102. The molecule has 3 aromatic rings. The van der Waals surface area contributed by atoms with Crippen LogP contribution in [0.4, 0.5) is 10.4 Å². The molecule has 110 valence electrons. The van der Waals surface area contributed by atoms with E-state index in [1.165, 1.54) is 18.4 Å². The van der Waals surface area contributed by atoms with Crippen LogP contribution < -0.4 is 5.32 Å². The minimum Gasteiger partial charge on any atom is -0.431 e. The number of hydrogen-bond donors (Lipinski definition) is 1. The fourth-order valence-corrected chi connectivity index (χ4v) is 2.39. The lowest BCUT2D eigenvalue weighted by Crippen LogP contribution is -2.12. The Morgan fingerprint density at radius 1 is 1.18 bits per heavy atom. The summed E-state index contributed by atoms with van der Waals surface area (Å²) in [6, 6.07) is 13.4. The highest BCUT2D eigenvalue weighted by Crippen LogP contribution is 2.21. The molecule has 0 aliphatic heterocycles. The van der Waals surface area contributed by atoms with Crippen LogP contribution in [0.5, 0.6) is 0 Å². The Labute approximate surface area is 134 Å². The van der Waals surface area contributed by atoms with Crippen molar-refractivity contribution in [3.8, 4) is 11.3 Å². The molecular weight excluding hydrogens is 351 g/mol. The lowest BCUT2D eigenvalue weighted by Gasteiger charge is -2.02. The van der Waals surface area contributed by atoms with Gasteiger partial charge >= 0.3 is 6.01 Å². The fourth-order valence-electron chi connectivity index (χ4n) is 1.93. The first-order valence-electron chi connectivity index (χ1n) is 6.40. The van der Waals surface area contributed by atoms with Crippen LogP contribution in [0.3, 0.4) is 0 Å². The monoisotopic (exact) mass is 360 g/mol. The molecule has 0 fully saturated rings. The minimum absolute atomic E-state index is 0.0595. The maximum absolute atomic E-state index is 13.3. The minimum atomic E-state index is -0.503. The highest BCUT2D eigenvalue weighted by Gasteiger charge is 2.12. The van der Waals surface area contributed by atoms with Crippen molar-refractivity contribution in [2.45, 2.75) is 0 Å². The molecule has 1 heterocycles. The average molecular weight is 361 g/mol. The van der Waals surface area contributed by atoms with Crippen LogP contribution in [0.2, 0.25) is 0 Å². The first-order chi connectivity index (χ1) is 10.6. The van der Waals surface area contributed by atoms with E-state index in [1.807, 2.05) is 30.3 Å². The third kappa shape index (κ3) is 3.23. The summed E-state index contributed by atoms with van der Waals surface area (Å²) in [6.45, 7) is 0. The molecule has 0 radical (unpaired) electrons. The van der Waals surface area contributed by atoms with Crippen molar-refractivity contribution < 1.29 is 13.6 Å². The van der Waals surface area contributed by atoms with Crippen LogP contribution in [-0.2, 0) is 0 Å². The highest BCUT2D eigenvalue weighted by molar-refractivity contribution is 9.10. The zero-order valence-corrected chi connectivity index (χ0v) is 12.8. The van der Waals surface area contributed by atoms with Gasteiger partial charge in [0.1, 0.15) is 17.8 Å². The summed E-state index contributed by atoms with van der Waals surface area (Å²) >= 11 is 3.14. The molecule has 3 rings (SSSR count). The second-order valence-electron chi connectivity index (χ2n) is 4.52. The number of nitrogens with zero attached hydrogens (tertiary/aromatic N) is 1. The first kappa shape index (κ1) is 14.5. The fraction of sp³-hybridized carbons (Fsp3) is 0. The van der Waals surface area contributed by atoms with Gasteiger partial charge in [0, 0.05) is 15.6 Å². The largest absolute Gasteiger partial charge is 0.431 e. The molecule has 0 aliphatic carbocycles. The number of carbonyl (C=O) groups is 1. The Bertz CT molecular complexity index is 798. The topological polar surface area (TPSA) is 55.1 Å². The molecule has 1 aromatic heterocycles. The number of nitrogens with one attached hydrogen (secondary N) is 1. The summed E-state index contributed by atoms with van der Waals surface area (Å²) in [4.78, 5) is 16.3. The summed E-state index contributed by atoms with van der Waals surface area (Å²) in [5.41, 5.74) is 1.66. The summed E-state index contributed by atoms with van der Waals surface area (Å²) in [5.74, 6) is -1.00. The predicted octanol–water partition coefficient (Wildman–Crippen LogP) is 4.50. The van der Waals surface area contributed by atoms with Gasteiger partial charge in [0.25, 0.3) is 5.91 Å². The normalized spacial score (nSPS) is 10.5. The molecule has 2 aromatic carbocycles. The Morgan fingerprint density at radius 2 is 1.95 bits per heavy atom. The first-order valence-corrected chi connectivity index (χ1v) is 7.19. The average Bonchev–Trinajstić information content (AvgIpc) is 2.95. The molecule has 0 unspecified atom stereocenters. The molecule has 0 saturated carbocycles. The molecular formula is C16H10BrFN2O2. The Hall–Kier alpha value is -2.47. The van der Waals surface area contributed by atoms with Crippen LogP contribution in [0.1, 0.15) is 10.4 Å². The van der Waals surface area contributed by atoms with E-state index in [4.69, 9.17) is 4.42 Å². The van der Waals surface area contributed by atoms with Crippen molar-refractivity contribution >= 4 is 27.9 Å². The smallest absolute Gasteiger partial charge is 0.302 e. The number of oxazole rings is 1. The highest BCUT2D eigenvalue weighted by atomic mass is 79.9. The standard InChI is InChI=1S/C16H10BrFN2O2/c17-12-6-11(7-13(18)8-12)15(21)20-16-19-14(9-22-16)10-4-2-1-3-5-10/h1-9H,(H,19,20,21). The third-order valence-corrected chi connectivity index (χ3v) is 3.38. The number of anilines is 1. The van der Waals surface area contributed by atoms with E-state index >= 15 is 0 Å². The van der Waals surface area contributed by atoms with Crippen LogP contribution in [0.15, 0.2) is 63.7 Å². The van der Waals surface area contributed by atoms with Crippen LogP contribution >= 0.6 is 15.9 Å². The van der Waals surface area contributed by atoms with Gasteiger partial charge in [-0.15, -0.1) is 0 Å². The second-order valence-corrected chi connectivity index (χ2v) is 5.43. The molecule has 0 spiro atoms. The van der Waals surface area contributed by atoms with Crippen LogP contribution in [-0.4, -0.2) is 10.9 Å². The van der Waals surface area contributed by atoms with Crippen LogP contribution in [0, 0.1) is 5.82 Å². The number of carbonyl (C=O) groups excluding carboxylic acids is 1. The predicted molar refractivity (Wildman–Crippen MR) is 84.0 cm³/mol. The Morgan fingerprint density at radius 3 is 2.68 bits per heavy atom. The molecule has 1 amide bonds. The summed E-state index contributed by atoms with van der Waals surface area (Å²) in [6.07, 6.45) is 1.45. The van der Waals surface area contributed by atoms with Gasteiger partial charge in [-0.2, -0.15) is 4.98 Å². The van der Waals surface area contributed by atoms with Crippen molar-refractivity contribution in [2.24, 2.45) is 0 Å². The van der Waals surface area contributed by atoms with Crippen LogP contribution in [0.25, 0.3) is 11.3 Å². The van der Waals surface area contributed by atoms with E-state index in [1.54, 1.807) is 0 Å². The summed E-state index contributed by atoms with van der Waals surface area (Å²) < 4.78 is 19.0. The number of aromatic nitrogens is 1. The molecule has 1 N–H and O–H groups in total. The van der Waals surface area contributed by atoms with Crippen molar-refractivity contribution in [1.29, 1.82) is 0 Å². The number of rotatable bonds is 3. The Balaban J connectivity index is 1.79. The van der Waals surface area contributed by atoms with E-state index < -0.39 is 11.7 Å². The van der Waals surface area contributed by atoms with Gasteiger partial charge < -0.3 is 4.42 Å². The van der Waals surface area contributed by atoms with E-state index in [0.717, 1.165) is 11.6 Å². The lowest BCUT2D eigenvalue weighted by atomic mass is 10.2. The van der Waals surface area contributed by atoms with Gasteiger partial charge in [-0.25, -0.2) is 4.39 Å². The second kappa shape index (κ2) is 6.11. The van der Waals surface area contributed by atoms with Gasteiger partial charge in [0.05, 0.1) is 0 Å². The van der Waals surface area contributed by atoms with E-state index in [0.29, 0.717) is 10.2 Å². The Kier molecular flexibility index (Phi) is 4.02. The molecule has 0 aliphatic rings. The van der Waals surface area contributed by atoms with E-state index in [9.17, 15) is 9.18 Å². The number of benzene rings is 2. The molecule has 22 heavy (non-hydrogen) atoms. The van der Waals surface area contributed by atoms with Crippen molar-refractivity contribution in [3.63, 3.8) is 0 Å². The van der Waals surface area contributed by atoms with Crippen molar-refractivity contribution in [1.82, 2.24) is 4.98 Å². The van der Waals surface area contributed by atoms with Gasteiger partial charge in [0.15, 0.2) is 0 Å². The zero-order valence-electron chi connectivity index (χ0n) is 11.2. The third-order valence-electron chi connectivity index (χ3n) is 2.92. The van der Waals surface area contributed by atoms with E-state index in [2.05, 4.69) is 26.2 Å². The maximum atomic E-state index is 13.3. The summed E-state index contributed by atoms with van der Waals surface area (Å²) in [5, 5.41) is 2.50. The number of amides is 1. The molecule has 0 atom stereocenters. The molecule has 6 heteroatoms. The number of hydrogen-bond acceptors (Lipinski definition) is 3. The maximum Gasteiger partial charge on any atom is 0.302 e. The number of halogens is 2. The summed E-state index contributed by atoms with van der Waals surface area (Å²) in [7, 11) is 0. The van der Waals surface area contributed by atoms with Crippen molar-refractivity contribution in [2.75, 3.05) is 5.32 Å². The van der Waals surface area contributed by atoms with Gasteiger partial charge in [-0.05, 0) is 18.2 Å².